The summed E-state index contributed by atoms with van der Waals surface area (Å²) in [5.41, 5.74) is 0. The highest BCUT2D eigenvalue weighted by Gasteiger charge is 2.28. The second kappa shape index (κ2) is 7.47. The van der Waals surface area contributed by atoms with Crippen LogP contribution in [0.1, 0.15) is 19.3 Å². The summed E-state index contributed by atoms with van der Waals surface area (Å²) in [6, 6.07) is 0. The molecule has 20 heavy (non-hydrogen) atoms. The van der Waals surface area contributed by atoms with E-state index in [0.717, 1.165) is 25.9 Å². The van der Waals surface area contributed by atoms with E-state index in [4.69, 9.17) is 0 Å². The largest absolute Gasteiger partial charge is 0.405 e. The van der Waals surface area contributed by atoms with E-state index in [1.807, 2.05) is 0 Å². The number of amides is 2. The van der Waals surface area contributed by atoms with E-state index in [-0.39, 0.29) is 18.4 Å². The van der Waals surface area contributed by atoms with E-state index in [1.165, 1.54) is 11.9 Å². The molecule has 0 bridgehead atoms. The predicted molar refractivity (Wildman–Crippen MR) is 66.9 cm³/mol. The SMILES string of the molecule is CN(CC(=O)NCC(F)(F)F)C(=O)CC1CCCNC1. The maximum Gasteiger partial charge on any atom is 0.405 e. The Bertz CT molecular complexity index is 341. The van der Waals surface area contributed by atoms with Crippen LogP contribution in [0.4, 0.5) is 13.2 Å². The fourth-order valence-electron chi connectivity index (χ4n) is 2.06. The van der Waals surface area contributed by atoms with E-state index in [1.54, 1.807) is 5.32 Å². The predicted octanol–water partition coefficient (Wildman–Crippen LogP) is 0.513. The lowest BCUT2D eigenvalue weighted by Crippen LogP contribution is -2.42. The van der Waals surface area contributed by atoms with Crippen LogP contribution in [0.3, 0.4) is 0 Å². The molecule has 0 aromatic heterocycles. The molecule has 1 aliphatic heterocycles. The summed E-state index contributed by atoms with van der Waals surface area (Å²) in [4.78, 5) is 24.3. The minimum Gasteiger partial charge on any atom is -0.345 e. The van der Waals surface area contributed by atoms with E-state index in [2.05, 4.69) is 5.32 Å². The number of carbonyl (C=O) groups is 2. The van der Waals surface area contributed by atoms with Gasteiger partial charge in [-0.05, 0) is 31.8 Å². The molecular formula is C12H20F3N3O2. The minimum absolute atomic E-state index is 0.221. The van der Waals surface area contributed by atoms with Crippen LogP contribution in [0.5, 0.6) is 0 Å². The molecule has 8 heteroatoms. The molecule has 0 radical (unpaired) electrons. The molecule has 1 fully saturated rings. The van der Waals surface area contributed by atoms with Gasteiger partial charge in [0.05, 0.1) is 6.54 Å². The number of halogens is 3. The van der Waals surface area contributed by atoms with Crippen molar-refractivity contribution in [2.24, 2.45) is 5.92 Å². The third-order valence-corrected chi connectivity index (χ3v) is 3.15. The van der Waals surface area contributed by atoms with E-state index in [0.29, 0.717) is 6.42 Å². The van der Waals surface area contributed by atoms with Crippen molar-refractivity contribution >= 4 is 11.8 Å². The molecule has 0 spiro atoms. The lowest BCUT2D eigenvalue weighted by molar-refractivity contribution is -0.141. The van der Waals surface area contributed by atoms with Gasteiger partial charge in [0.25, 0.3) is 0 Å². The zero-order valence-electron chi connectivity index (χ0n) is 11.4. The quantitative estimate of drug-likeness (QED) is 0.777. The van der Waals surface area contributed by atoms with Gasteiger partial charge in [-0.25, -0.2) is 0 Å². The smallest absolute Gasteiger partial charge is 0.345 e. The van der Waals surface area contributed by atoms with Crippen molar-refractivity contribution in [2.45, 2.75) is 25.4 Å². The van der Waals surface area contributed by atoms with E-state index < -0.39 is 18.6 Å². The van der Waals surface area contributed by atoms with Crippen LogP contribution in [-0.4, -0.2) is 56.1 Å². The van der Waals surface area contributed by atoms with Gasteiger partial charge in [-0.1, -0.05) is 0 Å². The topological polar surface area (TPSA) is 61.4 Å². The molecule has 1 unspecified atom stereocenters. The van der Waals surface area contributed by atoms with Gasteiger partial charge in [0, 0.05) is 13.5 Å². The highest BCUT2D eigenvalue weighted by atomic mass is 19.4. The zero-order valence-corrected chi connectivity index (χ0v) is 11.4. The molecule has 1 heterocycles. The highest BCUT2D eigenvalue weighted by molar-refractivity contribution is 5.84. The Morgan fingerprint density at radius 2 is 2.10 bits per heavy atom. The summed E-state index contributed by atoms with van der Waals surface area (Å²) in [6.45, 7) is -0.0182. The maximum absolute atomic E-state index is 11.9. The second-order valence-electron chi connectivity index (χ2n) is 5.06. The Morgan fingerprint density at radius 3 is 2.65 bits per heavy atom. The van der Waals surface area contributed by atoms with Crippen LogP contribution in [0.15, 0.2) is 0 Å². The van der Waals surface area contributed by atoms with Gasteiger partial charge in [0.15, 0.2) is 0 Å². The van der Waals surface area contributed by atoms with E-state index in [9.17, 15) is 22.8 Å². The molecule has 0 aromatic rings. The standard InChI is InChI=1S/C12H20F3N3O2/c1-18(7-10(19)17-8-12(13,14)15)11(20)5-9-3-2-4-16-6-9/h9,16H,2-8H2,1H3,(H,17,19). The maximum atomic E-state index is 11.9. The number of likely N-dealkylation sites (N-methyl/N-ethyl adjacent to an activating group) is 1. The molecule has 1 atom stereocenters. The number of hydrogen-bond acceptors (Lipinski definition) is 3. The summed E-state index contributed by atoms with van der Waals surface area (Å²) in [5, 5.41) is 4.92. The first-order valence-corrected chi connectivity index (χ1v) is 6.56. The van der Waals surface area contributed by atoms with Crippen molar-refractivity contribution in [1.82, 2.24) is 15.5 Å². The number of carbonyl (C=O) groups excluding carboxylic acids is 2. The van der Waals surface area contributed by atoms with Crippen molar-refractivity contribution < 1.29 is 22.8 Å². The Kier molecular flexibility index (Phi) is 6.25. The van der Waals surface area contributed by atoms with Crippen LogP contribution < -0.4 is 10.6 Å². The minimum atomic E-state index is -4.44. The summed E-state index contributed by atoms with van der Waals surface area (Å²) in [6.07, 6.45) is -2.16. The third kappa shape index (κ3) is 6.74. The van der Waals surface area contributed by atoms with Crippen molar-refractivity contribution in [3.8, 4) is 0 Å². The van der Waals surface area contributed by atoms with Gasteiger partial charge in [-0.15, -0.1) is 0 Å². The molecule has 0 aliphatic carbocycles. The molecule has 1 saturated heterocycles. The normalized spacial score (nSPS) is 19.5. The van der Waals surface area contributed by atoms with E-state index >= 15 is 0 Å². The first-order valence-electron chi connectivity index (χ1n) is 6.56. The number of rotatable bonds is 5. The molecule has 2 amide bonds. The van der Waals surface area contributed by atoms with Gasteiger partial charge < -0.3 is 15.5 Å². The van der Waals surface area contributed by atoms with Crippen LogP contribution in [0, 0.1) is 5.92 Å². The average Bonchev–Trinajstić information content (AvgIpc) is 2.36. The Balaban J connectivity index is 2.28. The summed E-state index contributed by atoms with van der Waals surface area (Å²) in [5.74, 6) is -0.794. The molecule has 0 aromatic carbocycles. The summed E-state index contributed by atoms with van der Waals surface area (Å²) < 4.78 is 35.8. The third-order valence-electron chi connectivity index (χ3n) is 3.15. The van der Waals surface area contributed by atoms with Crippen LogP contribution in [-0.2, 0) is 9.59 Å². The van der Waals surface area contributed by atoms with Crippen molar-refractivity contribution in [3.05, 3.63) is 0 Å². The number of piperidine rings is 1. The molecule has 1 aliphatic rings. The summed E-state index contributed by atoms with van der Waals surface area (Å²) >= 11 is 0. The fourth-order valence-corrected chi connectivity index (χ4v) is 2.06. The molecule has 1 rings (SSSR count). The number of hydrogen-bond donors (Lipinski definition) is 2. The van der Waals surface area contributed by atoms with Gasteiger partial charge >= 0.3 is 6.18 Å². The van der Waals surface area contributed by atoms with Gasteiger partial charge in [-0.3, -0.25) is 9.59 Å². The monoisotopic (exact) mass is 295 g/mol. The van der Waals surface area contributed by atoms with Crippen LogP contribution in [0.2, 0.25) is 0 Å². The Labute approximate surface area is 115 Å². The Hall–Kier alpha value is -1.31. The summed E-state index contributed by atoms with van der Waals surface area (Å²) in [7, 11) is 1.42. The van der Waals surface area contributed by atoms with Crippen LogP contribution in [0.25, 0.3) is 0 Å². The zero-order chi connectivity index (χ0) is 15.2. The molecule has 116 valence electrons. The van der Waals surface area contributed by atoms with Gasteiger partial charge in [-0.2, -0.15) is 13.2 Å². The fraction of sp³-hybridized carbons (Fsp3) is 0.833. The lowest BCUT2D eigenvalue weighted by Gasteiger charge is -2.24. The van der Waals surface area contributed by atoms with Gasteiger partial charge in [0.1, 0.15) is 6.54 Å². The lowest BCUT2D eigenvalue weighted by atomic mass is 9.96. The van der Waals surface area contributed by atoms with Crippen molar-refractivity contribution in [3.63, 3.8) is 0 Å². The van der Waals surface area contributed by atoms with Gasteiger partial charge in [0.2, 0.25) is 11.8 Å². The van der Waals surface area contributed by atoms with Crippen molar-refractivity contribution in [1.29, 1.82) is 0 Å². The highest BCUT2D eigenvalue weighted by Crippen LogP contribution is 2.15. The number of nitrogens with zero attached hydrogens (tertiary/aromatic N) is 1. The second-order valence-corrected chi connectivity index (χ2v) is 5.06. The molecule has 5 nitrogen and oxygen atoms in total. The molecule has 0 saturated carbocycles. The van der Waals surface area contributed by atoms with Crippen LogP contribution >= 0.6 is 0 Å². The number of alkyl halides is 3. The average molecular weight is 295 g/mol. The molecule has 2 N–H and O–H groups in total. The number of nitrogens with one attached hydrogen (secondary N) is 2. The Morgan fingerprint density at radius 1 is 1.40 bits per heavy atom. The first-order chi connectivity index (χ1) is 9.28. The van der Waals surface area contributed by atoms with Crippen molar-refractivity contribution in [2.75, 3.05) is 33.2 Å². The first kappa shape index (κ1) is 16.7. The molecular weight excluding hydrogens is 275 g/mol.